The molecule has 0 aliphatic heterocycles. The van der Waals surface area contributed by atoms with Gasteiger partial charge in [-0.2, -0.15) is 5.26 Å². The molecule has 0 heterocycles. The number of hydrogen-bond acceptors (Lipinski definition) is 3. The van der Waals surface area contributed by atoms with Crippen LogP contribution in [0.3, 0.4) is 0 Å². The second-order valence-electron chi connectivity index (χ2n) is 4.08. The number of benzene rings is 2. The van der Waals surface area contributed by atoms with Crippen LogP contribution in [0.15, 0.2) is 39.3 Å². The van der Waals surface area contributed by atoms with Crippen LogP contribution in [0, 0.1) is 18.3 Å². The standard InChI is InChI=1S/C15H11Br2NO2/c1-9-4-3-5-10(8-18)15(9)20-14-7-11(16)13(19-2)6-12(14)17/h3-7H,1-2H3. The van der Waals surface area contributed by atoms with E-state index in [0.29, 0.717) is 22.8 Å². The Kier molecular flexibility index (Phi) is 4.69. The molecule has 0 saturated heterocycles. The minimum Gasteiger partial charge on any atom is -0.496 e. The van der Waals surface area contributed by atoms with Crippen molar-refractivity contribution in [2.75, 3.05) is 7.11 Å². The summed E-state index contributed by atoms with van der Waals surface area (Å²) < 4.78 is 12.6. The molecule has 0 radical (unpaired) electrons. The zero-order valence-electron chi connectivity index (χ0n) is 10.9. The molecule has 3 nitrogen and oxygen atoms in total. The maximum Gasteiger partial charge on any atom is 0.148 e. The lowest BCUT2D eigenvalue weighted by molar-refractivity contribution is 0.409. The third kappa shape index (κ3) is 2.97. The fraction of sp³-hybridized carbons (Fsp3) is 0.133. The van der Waals surface area contributed by atoms with E-state index in [0.717, 1.165) is 14.5 Å². The number of nitriles is 1. The number of hydrogen-bond donors (Lipinski definition) is 0. The van der Waals surface area contributed by atoms with Crippen LogP contribution in [-0.2, 0) is 0 Å². The van der Waals surface area contributed by atoms with Crippen molar-refractivity contribution in [1.82, 2.24) is 0 Å². The van der Waals surface area contributed by atoms with Crippen molar-refractivity contribution >= 4 is 31.9 Å². The van der Waals surface area contributed by atoms with Gasteiger partial charge in [-0.05, 0) is 62.5 Å². The molecule has 0 bridgehead atoms. The molecule has 0 atom stereocenters. The minimum absolute atomic E-state index is 0.504. The molecule has 0 aliphatic carbocycles. The summed E-state index contributed by atoms with van der Waals surface area (Å²) in [6.07, 6.45) is 0. The van der Waals surface area contributed by atoms with E-state index in [1.54, 1.807) is 19.2 Å². The maximum absolute atomic E-state index is 9.16. The fourth-order valence-corrected chi connectivity index (χ4v) is 2.62. The fourth-order valence-electron chi connectivity index (χ4n) is 1.73. The average Bonchev–Trinajstić information content (AvgIpc) is 2.44. The van der Waals surface area contributed by atoms with Crippen LogP contribution >= 0.6 is 31.9 Å². The SMILES string of the molecule is COc1cc(Br)c(Oc2c(C)cccc2C#N)cc1Br. The molecule has 0 unspecified atom stereocenters. The topological polar surface area (TPSA) is 42.2 Å². The summed E-state index contributed by atoms with van der Waals surface area (Å²) in [6.45, 7) is 1.91. The van der Waals surface area contributed by atoms with E-state index in [2.05, 4.69) is 37.9 Å². The smallest absolute Gasteiger partial charge is 0.148 e. The highest BCUT2D eigenvalue weighted by Crippen LogP contribution is 2.39. The first-order chi connectivity index (χ1) is 9.56. The van der Waals surface area contributed by atoms with Gasteiger partial charge in [0.15, 0.2) is 0 Å². The Bertz CT molecular complexity index is 693. The van der Waals surface area contributed by atoms with E-state index < -0.39 is 0 Å². The van der Waals surface area contributed by atoms with Crippen molar-refractivity contribution in [1.29, 1.82) is 5.26 Å². The van der Waals surface area contributed by atoms with E-state index in [-0.39, 0.29) is 0 Å². The lowest BCUT2D eigenvalue weighted by atomic mass is 10.1. The van der Waals surface area contributed by atoms with Crippen LogP contribution in [0.4, 0.5) is 0 Å². The lowest BCUT2D eigenvalue weighted by Crippen LogP contribution is -1.93. The number of ether oxygens (including phenoxy) is 2. The Hall–Kier alpha value is -1.51. The molecular formula is C15H11Br2NO2. The van der Waals surface area contributed by atoms with Gasteiger partial charge in [0.1, 0.15) is 23.3 Å². The molecule has 0 saturated carbocycles. The van der Waals surface area contributed by atoms with Crippen LogP contribution in [0.1, 0.15) is 11.1 Å². The molecular weight excluding hydrogens is 386 g/mol. The second kappa shape index (κ2) is 6.29. The summed E-state index contributed by atoms with van der Waals surface area (Å²) in [6, 6.07) is 11.2. The molecule has 0 fully saturated rings. The molecule has 0 spiro atoms. The van der Waals surface area contributed by atoms with Crippen molar-refractivity contribution in [2.24, 2.45) is 0 Å². The highest BCUT2D eigenvalue weighted by Gasteiger charge is 2.13. The first kappa shape index (κ1) is 14.9. The molecule has 102 valence electrons. The number of methoxy groups -OCH3 is 1. The number of rotatable bonds is 3. The molecule has 2 rings (SSSR count). The van der Waals surface area contributed by atoms with Crippen LogP contribution in [0.2, 0.25) is 0 Å². The Morgan fingerprint density at radius 3 is 2.40 bits per heavy atom. The van der Waals surface area contributed by atoms with Gasteiger partial charge in [0.25, 0.3) is 0 Å². The van der Waals surface area contributed by atoms with E-state index in [9.17, 15) is 0 Å². The zero-order valence-corrected chi connectivity index (χ0v) is 14.1. The van der Waals surface area contributed by atoms with Crippen molar-refractivity contribution in [3.63, 3.8) is 0 Å². The zero-order chi connectivity index (χ0) is 14.7. The number of nitrogens with zero attached hydrogens (tertiary/aromatic N) is 1. The van der Waals surface area contributed by atoms with Crippen molar-refractivity contribution in [2.45, 2.75) is 6.92 Å². The molecule has 2 aromatic carbocycles. The molecule has 0 amide bonds. The highest BCUT2D eigenvalue weighted by atomic mass is 79.9. The third-order valence-electron chi connectivity index (χ3n) is 2.75. The molecule has 20 heavy (non-hydrogen) atoms. The molecule has 2 aromatic rings. The largest absolute Gasteiger partial charge is 0.496 e. The van der Waals surface area contributed by atoms with E-state index in [1.807, 2.05) is 25.1 Å². The van der Waals surface area contributed by atoms with E-state index in [4.69, 9.17) is 14.7 Å². The number of aryl methyl sites for hydroxylation is 1. The maximum atomic E-state index is 9.16. The van der Waals surface area contributed by atoms with Crippen molar-refractivity contribution in [3.8, 4) is 23.3 Å². The molecule has 0 aliphatic rings. The monoisotopic (exact) mass is 395 g/mol. The van der Waals surface area contributed by atoms with Gasteiger partial charge in [0, 0.05) is 0 Å². The van der Waals surface area contributed by atoms with Crippen molar-refractivity contribution < 1.29 is 9.47 Å². The minimum atomic E-state index is 0.504. The normalized spacial score (nSPS) is 9.95. The Balaban J connectivity index is 2.46. The number of halogens is 2. The predicted molar refractivity (Wildman–Crippen MR) is 84.4 cm³/mol. The summed E-state index contributed by atoms with van der Waals surface area (Å²) in [5.41, 5.74) is 1.41. The Labute approximate surface area is 134 Å². The Morgan fingerprint density at radius 1 is 1.10 bits per heavy atom. The summed E-state index contributed by atoms with van der Waals surface area (Å²) in [5.74, 6) is 1.88. The Morgan fingerprint density at radius 2 is 1.75 bits per heavy atom. The van der Waals surface area contributed by atoms with Crippen molar-refractivity contribution in [3.05, 3.63) is 50.4 Å². The number of para-hydroxylation sites is 1. The van der Waals surface area contributed by atoms with Gasteiger partial charge in [-0.1, -0.05) is 12.1 Å². The van der Waals surface area contributed by atoms with Gasteiger partial charge in [0.2, 0.25) is 0 Å². The van der Waals surface area contributed by atoms with Gasteiger partial charge in [0.05, 0.1) is 21.6 Å². The average molecular weight is 397 g/mol. The summed E-state index contributed by atoms with van der Waals surface area (Å²) in [4.78, 5) is 0. The first-order valence-corrected chi connectivity index (χ1v) is 7.36. The summed E-state index contributed by atoms with van der Waals surface area (Å²) in [7, 11) is 1.60. The predicted octanol–water partition coefficient (Wildman–Crippen LogP) is 5.19. The first-order valence-electron chi connectivity index (χ1n) is 5.77. The summed E-state index contributed by atoms with van der Waals surface area (Å²) >= 11 is 6.86. The molecule has 5 heteroatoms. The van der Waals surface area contributed by atoms with Gasteiger partial charge in [-0.3, -0.25) is 0 Å². The van der Waals surface area contributed by atoms with E-state index >= 15 is 0 Å². The van der Waals surface area contributed by atoms with Crippen LogP contribution in [0.25, 0.3) is 0 Å². The third-order valence-corrected chi connectivity index (χ3v) is 3.99. The van der Waals surface area contributed by atoms with E-state index in [1.165, 1.54) is 0 Å². The quantitative estimate of drug-likeness (QED) is 0.716. The van der Waals surface area contributed by atoms with Gasteiger partial charge >= 0.3 is 0 Å². The summed E-state index contributed by atoms with van der Waals surface area (Å²) in [5, 5.41) is 9.16. The molecule has 0 aromatic heterocycles. The van der Waals surface area contributed by atoms with Crippen LogP contribution < -0.4 is 9.47 Å². The lowest BCUT2D eigenvalue weighted by Gasteiger charge is -2.13. The van der Waals surface area contributed by atoms with Gasteiger partial charge in [-0.15, -0.1) is 0 Å². The van der Waals surface area contributed by atoms with Crippen LogP contribution in [0.5, 0.6) is 17.2 Å². The molecule has 0 N–H and O–H groups in total. The highest BCUT2D eigenvalue weighted by molar-refractivity contribution is 9.11. The second-order valence-corrected chi connectivity index (χ2v) is 5.79. The van der Waals surface area contributed by atoms with Gasteiger partial charge < -0.3 is 9.47 Å². The van der Waals surface area contributed by atoms with Crippen LogP contribution in [-0.4, -0.2) is 7.11 Å². The van der Waals surface area contributed by atoms with Gasteiger partial charge in [-0.25, -0.2) is 0 Å².